The lowest BCUT2D eigenvalue weighted by Gasteiger charge is -2.03. The second-order valence-corrected chi connectivity index (χ2v) is 5.96. The number of benzene rings is 1. The fourth-order valence-corrected chi connectivity index (χ4v) is 2.65. The number of oxazole rings is 1. The molecule has 0 bridgehead atoms. The Morgan fingerprint density at radius 2 is 1.93 bits per heavy atom. The number of anilines is 1. The Hall–Kier alpha value is -2.87. The predicted octanol–water partition coefficient (Wildman–Crippen LogP) is 3.85. The quantitative estimate of drug-likeness (QED) is 0.523. The molecule has 0 spiro atoms. The molecular weight excluding hydrogens is 401 g/mol. The number of carbonyl (C=O) groups excluding carboxylic acids is 1. The number of hydrogen-bond acceptors (Lipinski definition) is 5. The fourth-order valence-electron chi connectivity index (χ4n) is 2.65. The average molecular weight is 420 g/mol. The molecule has 0 aliphatic heterocycles. The van der Waals surface area contributed by atoms with E-state index in [0.717, 1.165) is 16.9 Å². The number of halogens is 2. The standard InChI is InChI=1S/C19H17N5O2.2ClH/c1-12-6-7-24-10-15(22-17(24)8-12)13-2-4-14(5-3-13)21-19(25)16-11-26-18(9-20)23-16;;/h2-8,10-11H,9,20H2,1H3,(H,21,25);2*1H. The maximum absolute atomic E-state index is 12.2. The zero-order valence-corrected chi connectivity index (χ0v) is 16.6. The molecule has 3 aromatic heterocycles. The van der Waals surface area contributed by atoms with Crippen LogP contribution in [-0.4, -0.2) is 20.3 Å². The minimum absolute atomic E-state index is 0. The first-order valence-corrected chi connectivity index (χ1v) is 8.14. The maximum atomic E-state index is 12.2. The van der Waals surface area contributed by atoms with E-state index < -0.39 is 0 Å². The van der Waals surface area contributed by atoms with Crippen LogP contribution in [0.1, 0.15) is 21.9 Å². The molecular formula is C19H19Cl2N5O2. The lowest BCUT2D eigenvalue weighted by Crippen LogP contribution is -2.12. The first-order valence-electron chi connectivity index (χ1n) is 8.14. The number of nitrogens with zero attached hydrogens (tertiary/aromatic N) is 3. The van der Waals surface area contributed by atoms with Crippen LogP contribution in [0.25, 0.3) is 16.9 Å². The van der Waals surface area contributed by atoms with E-state index in [-0.39, 0.29) is 43.0 Å². The van der Waals surface area contributed by atoms with Crippen LogP contribution in [0.5, 0.6) is 0 Å². The van der Waals surface area contributed by atoms with E-state index in [0.29, 0.717) is 11.6 Å². The van der Waals surface area contributed by atoms with Gasteiger partial charge in [-0.15, -0.1) is 24.8 Å². The maximum Gasteiger partial charge on any atom is 0.277 e. The molecule has 0 radical (unpaired) electrons. The van der Waals surface area contributed by atoms with Gasteiger partial charge < -0.3 is 19.9 Å². The lowest BCUT2D eigenvalue weighted by atomic mass is 10.1. The van der Waals surface area contributed by atoms with Gasteiger partial charge in [-0.3, -0.25) is 4.79 Å². The normalized spacial score (nSPS) is 10.2. The molecule has 0 aliphatic carbocycles. The second kappa shape index (κ2) is 8.88. The number of rotatable bonds is 4. The number of hydrogen-bond donors (Lipinski definition) is 2. The smallest absolute Gasteiger partial charge is 0.277 e. The number of aromatic nitrogens is 3. The zero-order valence-electron chi connectivity index (χ0n) is 15.0. The largest absolute Gasteiger partial charge is 0.447 e. The molecule has 0 atom stereocenters. The predicted molar refractivity (Wildman–Crippen MR) is 112 cm³/mol. The SMILES string of the molecule is Cc1ccn2cc(-c3ccc(NC(=O)c4coc(CN)n4)cc3)nc2c1.Cl.Cl. The molecule has 0 fully saturated rings. The number of carbonyl (C=O) groups is 1. The van der Waals surface area contributed by atoms with Crippen LogP contribution >= 0.6 is 24.8 Å². The van der Waals surface area contributed by atoms with Crippen LogP contribution in [0.15, 0.2) is 59.5 Å². The summed E-state index contributed by atoms with van der Waals surface area (Å²) >= 11 is 0. The summed E-state index contributed by atoms with van der Waals surface area (Å²) in [5, 5.41) is 2.78. The fraction of sp³-hybridized carbons (Fsp3) is 0.105. The van der Waals surface area contributed by atoms with Crippen LogP contribution < -0.4 is 11.1 Å². The summed E-state index contributed by atoms with van der Waals surface area (Å²) in [5.41, 5.74) is 10.2. The van der Waals surface area contributed by atoms with Crippen LogP contribution in [0.3, 0.4) is 0 Å². The van der Waals surface area contributed by atoms with E-state index in [4.69, 9.17) is 10.2 Å². The minimum atomic E-state index is -0.343. The van der Waals surface area contributed by atoms with E-state index >= 15 is 0 Å². The first-order chi connectivity index (χ1) is 12.6. The van der Waals surface area contributed by atoms with Crippen molar-refractivity contribution in [3.05, 3.63) is 72.2 Å². The van der Waals surface area contributed by atoms with Gasteiger partial charge >= 0.3 is 0 Å². The number of aryl methyl sites for hydroxylation is 1. The summed E-state index contributed by atoms with van der Waals surface area (Å²) in [7, 11) is 0. The van der Waals surface area contributed by atoms with Crippen molar-refractivity contribution in [1.29, 1.82) is 0 Å². The highest BCUT2D eigenvalue weighted by Crippen LogP contribution is 2.22. The van der Waals surface area contributed by atoms with Crippen molar-refractivity contribution >= 4 is 42.1 Å². The molecule has 1 amide bonds. The topological polar surface area (TPSA) is 98.5 Å². The number of pyridine rings is 1. The van der Waals surface area contributed by atoms with E-state index in [2.05, 4.69) is 15.3 Å². The van der Waals surface area contributed by atoms with Crippen LogP contribution in [0.4, 0.5) is 5.69 Å². The third-order valence-corrected chi connectivity index (χ3v) is 4.01. The third kappa shape index (κ3) is 4.33. The van der Waals surface area contributed by atoms with Crippen LogP contribution in [0, 0.1) is 6.92 Å². The van der Waals surface area contributed by atoms with Gasteiger partial charge in [-0.1, -0.05) is 12.1 Å². The molecule has 0 aliphatic rings. The minimum Gasteiger partial charge on any atom is -0.447 e. The molecule has 0 saturated heterocycles. The van der Waals surface area contributed by atoms with Crippen molar-refractivity contribution in [2.45, 2.75) is 13.5 Å². The van der Waals surface area contributed by atoms with Gasteiger partial charge in [0.1, 0.15) is 11.9 Å². The Bertz CT molecular complexity index is 1090. The van der Waals surface area contributed by atoms with E-state index in [1.807, 2.05) is 60.1 Å². The molecule has 0 unspecified atom stereocenters. The van der Waals surface area contributed by atoms with Crippen molar-refractivity contribution in [3.8, 4) is 11.3 Å². The molecule has 0 saturated carbocycles. The summed E-state index contributed by atoms with van der Waals surface area (Å²) < 4.78 is 7.06. The summed E-state index contributed by atoms with van der Waals surface area (Å²) in [6.45, 7) is 2.19. The van der Waals surface area contributed by atoms with Gasteiger partial charge in [0, 0.05) is 23.6 Å². The van der Waals surface area contributed by atoms with Gasteiger partial charge in [-0.05, 0) is 36.8 Å². The van der Waals surface area contributed by atoms with Gasteiger partial charge in [0.25, 0.3) is 5.91 Å². The van der Waals surface area contributed by atoms with E-state index in [1.165, 1.54) is 11.8 Å². The average Bonchev–Trinajstić information content (AvgIpc) is 3.28. The lowest BCUT2D eigenvalue weighted by molar-refractivity contribution is 0.102. The van der Waals surface area contributed by atoms with Gasteiger partial charge in [-0.2, -0.15) is 0 Å². The van der Waals surface area contributed by atoms with Crippen molar-refractivity contribution < 1.29 is 9.21 Å². The van der Waals surface area contributed by atoms with Crippen molar-refractivity contribution in [2.75, 3.05) is 5.32 Å². The Labute approximate surface area is 173 Å². The van der Waals surface area contributed by atoms with E-state index in [9.17, 15) is 4.79 Å². The van der Waals surface area contributed by atoms with Crippen LogP contribution in [-0.2, 0) is 6.54 Å². The molecule has 7 nitrogen and oxygen atoms in total. The summed E-state index contributed by atoms with van der Waals surface area (Å²) in [4.78, 5) is 20.8. The highest BCUT2D eigenvalue weighted by molar-refractivity contribution is 6.02. The number of amides is 1. The number of fused-ring (bicyclic) bond motifs is 1. The van der Waals surface area contributed by atoms with Crippen LogP contribution in [0.2, 0.25) is 0 Å². The molecule has 1 aromatic carbocycles. The molecule has 3 N–H and O–H groups in total. The monoisotopic (exact) mass is 419 g/mol. The highest BCUT2D eigenvalue weighted by Gasteiger charge is 2.12. The van der Waals surface area contributed by atoms with Crippen molar-refractivity contribution in [2.24, 2.45) is 5.73 Å². The summed E-state index contributed by atoms with van der Waals surface area (Å²) in [5.74, 6) is -0.0167. The molecule has 3 heterocycles. The zero-order chi connectivity index (χ0) is 18.1. The highest BCUT2D eigenvalue weighted by atomic mass is 35.5. The molecule has 146 valence electrons. The Balaban J connectivity index is 0.00000140. The third-order valence-electron chi connectivity index (χ3n) is 4.01. The first kappa shape index (κ1) is 21.4. The number of nitrogens with two attached hydrogens (primary N) is 1. The van der Waals surface area contributed by atoms with Gasteiger partial charge in [0.15, 0.2) is 5.69 Å². The number of nitrogens with one attached hydrogen (secondary N) is 1. The Morgan fingerprint density at radius 3 is 2.61 bits per heavy atom. The van der Waals surface area contributed by atoms with Gasteiger partial charge in [0.2, 0.25) is 5.89 Å². The summed E-state index contributed by atoms with van der Waals surface area (Å²) in [6.07, 6.45) is 5.26. The molecule has 9 heteroatoms. The van der Waals surface area contributed by atoms with E-state index in [1.54, 1.807) is 0 Å². The van der Waals surface area contributed by atoms with Gasteiger partial charge in [-0.25, -0.2) is 9.97 Å². The van der Waals surface area contributed by atoms with Crippen molar-refractivity contribution in [3.63, 3.8) is 0 Å². The number of imidazole rings is 1. The molecule has 28 heavy (non-hydrogen) atoms. The molecule has 4 rings (SSSR count). The second-order valence-electron chi connectivity index (χ2n) is 5.96. The van der Waals surface area contributed by atoms with Crippen molar-refractivity contribution in [1.82, 2.24) is 14.4 Å². The summed E-state index contributed by atoms with van der Waals surface area (Å²) in [6, 6.07) is 11.6. The Morgan fingerprint density at radius 1 is 1.18 bits per heavy atom. The van der Waals surface area contributed by atoms with Gasteiger partial charge in [0.05, 0.1) is 12.2 Å². The Kier molecular flexibility index (Phi) is 6.80. The molecule has 4 aromatic rings.